The lowest BCUT2D eigenvalue weighted by Crippen LogP contribution is -2.70. The first kappa shape index (κ1) is 84.6. The molecule has 2 bridgehead atoms. The summed E-state index contributed by atoms with van der Waals surface area (Å²) in [6, 6.07) is -1.56. The topological polar surface area (TPSA) is 568 Å². The normalized spacial score (nSPS) is 42.7. The second kappa shape index (κ2) is 40.1. The van der Waals surface area contributed by atoms with Crippen molar-refractivity contribution in [3.05, 3.63) is 85.1 Å². The van der Waals surface area contributed by atoms with E-state index in [4.69, 9.17) is 33.2 Å². The van der Waals surface area contributed by atoms with Crippen LogP contribution in [0.2, 0.25) is 0 Å². The van der Waals surface area contributed by atoms with E-state index in [1.54, 1.807) is 87.6 Å². The Balaban J connectivity index is 1.46. The number of ether oxygens (including phenoxy) is 7. The quantitative estimate of drug-likeness (QED) is 0.0677. The first-order valence-corrected chi connectivity index (χ1v) is 32.9. The summed E-state index contributed by atoms with van der Waals surface area (Å²) >= 11 is 0. The van der Waals surface area contributed by atoms with Crippen molar-refractivity contribution in [1.82, 2.24) is 10.6 Å². The van der Waals surface area contributed by atoms with Gasteiger partial charge < -0.3 is 156 Å². The third-order valence-corrected chi connectivity index (χ3v) is 18.2. The minimum Gasteiger partial charge on any atom is -0.462 e. The van der Waals surface area contributed by atoms with Gasteiger partial charge in [0.25, 0.3) is 0 Å². The van der Waals surface area contributed by atoms with E-state index in [1.165, 1.54) is 25.2 Å². The number of nitrogens with one attached hydrogen (secondary N) is 2. The van der Waals surface area contributed by atoms with Gasteiger partial charge in [0.15, 0.2) is 18.4 Å². The van der Waals surface area contributed by atoms with E-state index in [9.17, 15) is 122 Å². The SMILES string of the molecule is C[C@@H]1[C@H](O)[C@@H](C)C=CC=CC=CC=CC=CC=CC=C[C@H](OC2O[C@H](C)[C@@H](O)[C@H](NC[C@@]3(O)OC[C@@H](O)[C@@H](OC4O[C@H](CO)[C@@H](O)[C@H](O)[C@H]4O)[C@@H]3O)[C@@H]2O)CC2O[C@](O)(C[C@@H](O)C[C@@H](O)[C@H](O)CC[C@@H](O)C[C@@H](O)CC(=O)O[C@H]1C)C[C@H](O)C2C(=O)NCC(O)C(O)C(O)C(O)CO. The zero-order valence-electron chi connectivity index (χ0n) is 55.1. The molecule has 5 heterocycles. The number of aliphatic hydroxyl groups is 22. The predicted molar refractivity (Wildman–Crippen MR) is 339 cm³/mol. The van der Waals surface area contributed by atoms with Gasteiger partial charge in [0.05, 0.1) is 118 Å². The number of carbonyl (C=O) groups is 2. The monoisotopic (exact) mass is 1410 g/mol. The zero-order valence-corrected chi connectivity index (χ0v) is 55.1. The summed E-state index contributed by atoms with van der Waals surface area (Å²) in [5, 5.41) is 244. The number of carbonyl (C=O) groups excluding carboxylic acids is 2. The molecule has 4 fully saturated rings. The van der Waals surface area contributed by atoms with Crippen LogP contribution in [-0.2, 0) is 42.7 Å². The fourth-order valence-electron chi connectivity index (χ4n) is 12.0. The summed E-state index contributed by atoms with van der Waals surface area (Å²) in [5.74, 6) is -9.89. The lowest BCUT2D eigenvalue weighted by molar-refractivity contribution is -0.368. The molecular formula is C65H106N2O31. The van der Waals surface area contributed by atoms with Crippen molar-refractivity contribution >= 4 is 11.9 Å². The van der Waals surface area contributed by atoms with Gasteiger partial charge in [0, 0.05) is 44.1 Å². The molecule has 1 amide bonds. The standard InChI is InChI=1S/C65H106N2O31/c1-32-17-15-13-11-9-7-5-6-8-10-12-14-16-18-39(95-62-56(85)50(52(81)35(4)94-62)67-31-65(91)60(88)59(45(78)30-92-65)97-63-58(87)57(86)55(84)47(29-69)96-63)24-46-49(61(89)66-27-43(76)53(82)54(83)44(77)28-68)42(75)26-64(90,98-46)25-38(72)22-41(74)40(73)20-19-36(70)21-37(71)23-48(79)93-34(3)33(2)51(32)80/h5-18,32-47,49-60,62-63,67-78,80-88,90-91H,19-31H2,1-4H3,(H,66,89)/t32-,33-,34-,35+,36+,37+,38-,39-,40+,41+,42-,43?,44?,45+,46?,47+,49?,50-,51+,52+,53?,54?,55+,56-,57-,58+,59+,60-,62?,63?,64+,65+/m0/s1. The Bertz CT molecular complexity index is 2600. The predicted octanol–water partition coefficient (Wildman–Crippen LogP) is -7.56. The van der Waals surface area contributed by atoms with Crippen LogP contribution < -0.4 is 10.6 Å². The van der Waals surface area contributed by atoms with Crippen molar-refractivity contribution in [2.45, 2.75) is 256 Å². The third-order valence-electron chi connectivity index (χ3n) is 18.2. The van der Waals surface area contributed by atoms with E-state index in [-0.39, 0.29) is 25.2 Å². The van der Waals surface area contributed by atoms with Crippen molar-refractivity contribution in [3.63, 3.8) is 0 Å². The number of hydrogen-bond acceptors (Lipinski definition) is 32. The highest BCUT2D eigenvalue weighted by Gasteiger charge is 2.55. The number of allylic oxidation sites excluding steroid dienone is 12. The average molecular weight is 1410 g/mol. The molecule has 33 nitrogen and oxygen atoms in total. The zero-order chi connectivity index (χ0) is 72.9. The highest BCUT2D eigenvalue weighted by molar-refractivity contribution is 5.80. The van der Waals surface area contributed by atoms with Crippen LogP contribution in [0.25, 0.3) is 0 Å². The maximum atomic E-state index is 14.3. The molecule has 5 rings (SSSR count). The molecule has 0 radical (unpaired) electrons. The Morgan fingerprint density at radius 3 is 1.81 bits per heavy atom. The van der Waals surface area contributed by atoms with Gasteiger partial charge in [0.2, 0.25) is 11.7 Å². The molecule has 562 valence electrons. The smallest absolute Gasteiger partial charge is 0.308 e. The number of rotatable bonds is 15. The van der Waals surface area contributed by atoms with E-state index >= 15 is 0 Å². The van der Waals surface area contributed by atoms with Crippen LogP contribution in [-0.4, -0.2) is 334 Å². The summed E-state index contributed by atoms with van der Waals surface area (Å²) in [6.07, 6.45) is -25.4. The molecule has 32 atom stereocenters. The molecule has 33 heteroatoms. The Labute approximate surface area is 567 Å². The molecule has 0 spiro atoms. The van der Waals surface area contributed by atoms with Gasteiger partial charge in [-0.1, -0.05) is 98.9 Å². The number of fused-ring (bicyclic) bond motifs is 2. The minimum atomic E-state index is -2.74. The van der Waals surface area contributed by atoms with Gasteiger partial charge >= 0.3 is 5.97 Å². The summed E-state index contributed by atoms with van der Waals surface area (Å²) < 4.78 is 40.4. The van der Waals surface area contributed by atoms with Gasteiger partial charge in [-0.3, -0.25) is 9.59 Å². The molecule has 24 N–H and O–H groups in total. The second-order valence-corrected chi connectivity index (χ2v) is 26.1. The molecule has 4 saturated heterocycles. The molecule has 8 unspecified atom stereocenters. The van der Waals surface area contributed by atoms with Gasteiger partial charge in [-0.15, -0.1) is 0 Å². The van der Waals surface area contributed by atoms with E-state index < -0.39 is 265 Å². The Kier molecular flexibility index (Phi) is 34.6. The molecule has 0 aromatic carbocycles. The van der Waals surface area contributed by atoms with Crippen LogP contribution in [0.4, 0.5) is 0 Å². The number of hydrogen-bond donors (Lipinski definition) is 24. The van der Waals surface area contributed by atoms with Gasteiger partial charge in [-0.2, -0.15) is 0 Å². The molecule has 0 saturated carbocycles. The van der Waals surface area contributed by atoms with Crippen LogP contribution in [0, 0.1) is 17.8 Å². The largest absolute Gasteiger partial charge is 0.462 e. The second-order valence-electron chi connectivity index (χ2n) is 26.1. The molecule has 0 aromatic rings. The maximum Gasteiger partial charge on any atom is 0.308 e. The molecule has 0 aliphatic carbocycles. The first-order chi connectivity index (χ1) is 46.1. The van der Waals surface area contributed by atoms with Gasteiger partial charge in [0.1, 0.15) is 73.2 Å². The third kappa shape index (κ3) is 24.6. The van der Waals surface area contributed by atoms with Crippen LogP contribution in [0.3, 0.4) is 0 Å². The summed E-state index contributed by atoms with van der Waals surface area (Å²) in [4.78, 5) is 27.1. The van der Waals surface area contributed by atoms with Gasteiger partial charge in [-0.05, 0) is 33.1 Å². The minimum absolute atomic E-state index is 0.215. The fourth-order valence-corrected chi connectivity index (χ4v) is 12.0. The lowest BCUT2D eigenvalue weighted by Gasteiger charge is -2.48. The van der Waals surface area contributed by atoms with E-state index in [0.29, 0.717) is 0 Å². The van der Waals surface area contributed by atoms with Crippen LogP contribution in [0.15, 0.2) is 85.1 Å². The van der Waals surface area contributed by atoms with Crippen molar-refractivity contribution in [3.8, 4) is 0 Å². The van der Waals surface area contributed by atoms with Crippen LogP contribution in [0.1, 0.15) is 79.1 Å². The maximum absolute atomic E-state index is 14.3. The van der Waals surface area contributed by atoms with Crippen molar-refractivity contribution in [2.75, 3.05) is 32.9 Å². The van der Waals surface area contributed by atoms with Crippen molar-refractivity contribution in [2.24, 2.45) is 17.8 Å². The Morgan fingerprint density at radius 2 is 1.19 bits per heavy atom. The average Bonchev–Trinajstić information content (AvgIpc) is 0.791. The van der Waals surface area contributed by atoms with E-state index in [0.717, 1.165) is 0 Å². The van der Waals surface area contributed by atoms with Crippen LogP contribution >= 0.6 is 0 Å². The number of amides is 1. The van der Waals surface area contributed by atoms with Crippen LogP contribution in [0.5, 0.6) is 0 Å². The Hall–Kier alpha value is -4.04. The van der Waals surface area contributed by atoms with Crippen molar-refractivity contribution < 1.29 is 155 Å². The van der Waals surface area contributed by atoms with E-state index in [2.05, 4.69) is 10.6 Å². The highest BCUT2D eigenvalue weighted by atomic mass is 16.7. The molecule has 0 aromatic heterocycles. The molecule has 98 heavy (non-hydrogen) atoms. The van der Waals surface area contributed by atoms with Crippen molar-refractivity contribution in [1.29, 1.82) is 0 Å². The highest BCUT2D eigenvalue weighted by Crippen LogP contribution is 2.39. The summed E-state index contributed by atoms with van der Waals surface area (Å²) in [6.45, 7) is 2.12. The number of esters is 1. The Morgan fingerprint density at radius 1 is 0.602 bits per heavy atom. The summed E-state index contributed by atoms with van der Waals surface area (Å²) in [7, 11) is 0. The van der Waals surface area contributed by atoms with Gasteiger partial charge in [-0.25, -0.2) is 0 Å². The molecule has 5 aliphatic rings. The summed E-state index contributed by atoms with van der Waals surface area (Å²) in [5.41, 5.74) is 0. The van der Waals surface area contributed by atoms with E-state index in [1.807, 2.05) is 0 Å². The lowest BCUT2D eigenvalue weighted by atomic mass is 9.82. The first-order valence-electron chi connectivity index (χ1n) is 32.9. The molecular weight excluding hydrogens is 1300 g/mol. The number of cyclic esters (lactones) is 1. The fraction of sp³-hybridized carbons (Fsp3) is 0.754. The molecule has 5 aliphatic heterocycles. The number of aliphatic hydroxyl groups excluding tert-OH is 20.